The molecule has 158 valence electrons. The molecule has 2 aromatic carbocycles. The number of aromatic nitrogens is 2. The van der Waals surface area contributed by atoms with Gasteiger partial charge in [0.05, 0.1) is 16.7 Å². The lowest BCUT2D eigenvalue weighted by molar-refractivity contribution is -0.127. The molecule has 0 aliphatic heterocycles. The van der Waals surface area contributed by atoms with Crippen LogP contribution in [0.3, 0.4) is 0 Å². The first-order chi connectivity index (χ1) is 14.2. The van der Waals surface area contributed by atoms with E-state index in [1.165, 1.54) is 23.9 Å². The number of nitrogens with zero attached hydrogens (tertiary/aromatic N) is 3. The molecule has 1 amide bonds. The molecule has 0 atom stereocenters. The number of fused-ring (bicyclic) bond motifs is 1. The molecule has 3 rings (SSSR count). The minimum atomic E-state index is -0.305. The average molecular weight is 492 g/mol. The zero-order valence-electron chi connectivity index (χ0n) is 17.1. The van der Waals surface area contributed by atoms with Crippen LogP contribution in [-0.2, 0) is 17.9 Å². The number of amides is 1. The average Bonchev–Trinajstić information content (AvgIpc) is 2.70. The van der Waals surface area contributed by atoms with E-state index in [-0.39, 0.29) is 29.0 Å². The topological polar surface area (TPSA) is 55.2 Å². The molecule has 1 aromatic heterocycles. The van der Waals surface area contributed by atoms with E-state index >= 15 is 0 Å². The van der Waals surface area contributed by atoms with Crippen LogP contribution in [0.4, 0.5) is 4.39 Å². The van der Waals surface area contributed by atoms with Gasteiger partial charge in [0.15, 0.2) is 5.16 Å². The van der Waals surface area contributed by atoms with Crippen molar-refractivity contribution in [2.45, 2.75) is 32.1 Å². The van der Waals surface area contributed by atoms with Crippen LogP contribution in [0.25, 0.3) is 10.9 Å². The van der Waals surface area contributed by atoms with E-state index in [4.69, 9.17) is 0 Å². The summed E-state index contributed by atoms with van der Waals surface area (Å²) in [6.45, 7) is 4.98. The summed E-state index contributed by atoms with van der Waals surface area (Å²) in [4.78, 5) is 31.9. The Morgan fingerprint density at radius 2 is 1.93 bits per heavy atom. The van der Waals surface area contributed by atoms with Gasteiger partial charge in [-0.1, -0.05) is 53.7 Å². The molecule has 8 heteroatoms. The number of carbonyl (C=O) groups excluding carboxylic acids is 1. The summed E-state index contributed by atoms with van der Waals surface area (Å²) in [5.74, 6) is 0.0151. The molecular formula is C22H23BrFN3O2S. The Kier molecular flexibility index (Phi) is 7.31. The van der Waals surface area contributed by atoms with Crippen LogP contribution in [-0.4, -0.2) is 33.2 Å². The van der Waals surface area contributed by atoms with Crippen molar-refractivity contribution in [1.82, 2.24) is 14.5 Å². The summed E-state index contributed by atoms with van der Waals surface area (Å²) < 4.78 is 15.5. The third kappa shape index (κ3) is 5.49. The van der Waals surface area contributed by atoms with Crippen LogP contribution in [0.15, 0.2) is 56.9 Å². The quantitative estimate of drug-likeness (QED) is 0.354. The van der Waals surface area contributed by atoms with Gasteiger partial charge in [-0.3, -0.25) is 14.2 Å². The molecule has 1 heterocycles. The first-order valence-electron chi connectivity index (χ1n) is 9.56. The van der Waals surface area contributed by atoms with Gasteiger partial charge in [0.25, 0.3) is 5.56 Å². The van der Waals surface area contributed by atoms with Crippen LogP contribution in [0.1, 0.15) is 19.4 Å². The van der Waals surface area contributed by atoms with Crippen LogP contribution in [0, 0.1) is 11.7 Å². The van der Waals surface area contributed by atoms with Crippen molar-refractivity contribution >= 4 is 44.5 Å². The second-order valence-corrected chi connectivity index (χ2v) is 9.39. The van der Waals surface area contributed by atoms with Gasteiger partial charge in [-0.2, -0.15) is 0 Å². The van der Waals surface area contributed by atoms with Crippen molar-refractivity contribution in [2.24, 2.45) is 5.92 Å². The molecule has 0 fully saturated rings. The summed E-state index contributed by atoms with van der Waals surface area (Å²) in [6.07, 6.45) is 0. The van der Waals surface area contributed by atoms with Gasteiger partial charge in [0.2, 0.25) is 5.91 Å². The first-order valence-corrected chi connectivity index (χ1v) is 11.3. The Hall–Kier alpha value is -2.19. The van der Waals surface area contributed by atoms with E-state index in [1.54, 1.807) is 40.8 Å². The van der Waals surface area contributed by atoms with Crippen LogP contribution in [0.5, 0.6) is 0 Å². The van der Waals surface area contributed by atoms with Crippen LogP contribution < -0.4 is 5.56 Å². The zero-order chi connectivity index (χ0) is 21.8. The molecule has 0 aliphatic carbocycles. The molecular weight excluding hydrogens is 469 g/mol. The van der Waals surface area contributed by atoms with Gasteiger partial charge >= 0.3 is 0 Å². The molecule has 3 aromatic rings. The largest absolute Gasteiger partial charge is 0.341 e. The van der Waals surface area contributed by atoms with Gasteiger partial charge in [-0.15, -0.1) is 0 Å². The maximum atomic E-state index is 13.1. The van der Waals surface area contributed by atoms with E-state index in [0.717, 1.165) is 10.0 Å². The van der Waals surface area contributed by atoms with Gasteiger partial charge in [-0.25, -0.2) is 9.37 Å². The summed E-state index contributed by atoms with van der Waals surface area (Å²) in [7, 11) is 1.71. The fourth-order valence-electron chi connectivity index (χ4n) is 3.00. The number of thioether (sulfide) groups is 1. The van der Waals surface area contributed by atoms with E-state index in [1.807, 2.05) is 19.9 Å². The number of rotatable bonds is 7. The zero-order valence-corrected chi connectivity index (χ0v) is 19.5. The Bertz CT molecular complexity index is 1120. The monoisotopic (exact) mass is 491 g/mol. The lowest BCUT2D eigenvalue weighted by Crippen LogP contribution is -2.29. The highest BCUT2D eigenvalue weighted by Gasteiger charge is 2.16. The number of benzene rings is 2. The molecule has 0 radical (unpaired) electrons. The predicted octanol–water partition coefficient (Wildman–Crippen LogP) is 4.70. The van der Waals surface area contributed by atoms with Gasteiger partial charge in [0.1, 0.15) is 5.82 Å². The minimum absolute atomic E-state index is 0.0921. The van der Waals surface area contributed by atoms with E-state index < -0.39 is 0 Å². The maximum Gasteiger partial charge on any atom is 0.262 e. The molecule has 0 N–H and O–H groups in total. The van der Waals surface area contributed by atoms with Crippen molar-refractivity contribution < 1.29 is 9.18 Å². The van der Waals surface area contributed by atoms with Crippen molar-refractivity contribution in [3.63, 3.8) is 0 Å². The molecule has 0 saturated heterocycles. The molecule has 0 aliphatic rings. The molecule has 0 bridgehead atoms. The highest BCUT2D eigenvalue weighted by Crippen LogP contribution is 2.22. The Labute approximate surface area is 187 Å². The third-order valence-corrected chi connectivity index (χ3v) is 5.97. The summed E-state index contributed by atoms with van der Waals surface area (Å²) in [5.41, 5.74) is 1.35. The molecule has 30 heavy (non-hydrogen) atoms. The standard InChI is InChI=1S/C22H23BrFN3O2S/c1-14(2)11-27-21(29)18-10-16(23)6-9-19(18)25-22(27)30-13-20(28)26(3)12-15-4-7-17(24)8-5-15/h4-10,14H,11-13H2,1-3H3. The van der Waals surface area contributed by atoms with Gasteiger partial charge in [0, 0.05) is 24.6 Å². The number of hydrogen-bond donors (Lipinski definition) is 0. The maximum absolute atomic E-state index is 13.1. The summed E-state index contributed by atoms with van der Waals surface area (Å²) in [5, 5.41) is 1.08. The first kappa shape index (κ1) is 22.5. The second kappa shape index (κ2) is 9.75. The Morgan fingerprint density at radius 1 is 1.23 bits per heavy atom. The van der Waals surface area contributed by atoms with Crippen molar-refractivity contribution in [2.75, 3.05) is 12.8 Å². The lowest BCUT2D eigenvalue weighted by Gasteiger charge is -2.18. The van der Waals surface area contributed by atoms with Crippen LogP contribution >= 0.6 is 27.7 Å². The normalized spacial score (nSPS) is 11.3. The molecule has 0 unspecified atom stereocenters. The van der Waals surface area contributed by atoms with Gasteiger partial charge < -0.3 is 4.90 Å². The fraction of sp³-hybridized carbons (Fsp3) is 0.318. The smallest absolute Gasteiger partial charge is 0.262 e. The Morgan fingerprint density at radius 3 is 2.60 bits per heavy atom. The molecule has 0 spiro atoms. The number of halogens is 2. The number of hydrogen-bond acceptors (Lipinski definition) is 4. The van der Waals surface area contributed by atoms with E-state index in [9.17, 15) is 14.0 Å². The van der Waals surface area contributed by atoms with E-state index in [0.29, 0.717) is 29.1 Å². The van der Waals surface area contributed by atoms with Gasteiger partial charge in [-0.05, 0) is 41.8 Å². The van der Waals surface area contributed by atoms with E-state index in [2.05, 4.69) is 20.9 Å². The highest BCUT2D eigenvalue weighted by atomic mass is 79.9. The summed E-state index contributed by atoms with van der Waals surface area (Å²) in [6, 6.07) is 11.5. The van der Waals surface area contributed by atoms with Crippen molar-refractivity contribution in [3.8, 4) is 0 Å². The SMILES string of the molecule is CC(C)Cn1c(SCC(=O)N(C)Cc2ccc(F)cc2)nc2ccc(Br)cc2c1=O. The Balaban J connectivity index is 1.80. The second-order valence-electron chi connectivity index (χ2n) is 7.53. The highest BCUT2D eigenvalue weighted by molar-refractivity contribution is 9.10. The third-order valence-electron chi connectivity index (χ3n) is 4.51. The minimum Gasteiger partial charge on any atom is -0.341 e. The fourth-order valence-corrected chi connectivity index (χ4v) is 4.31. The van der Waals surface area contributed by atoms with Crippen molar-refractivity contribution in [3.05, 3.63) is 68.7 Å². The predicted molar refractivity (Wildman–Crippen MR) is 122 cm³/mol. The summed E-state index contributed by atoms with van der Waals surface area (Å²) >= 11 is 4.67. The van der Waals surface area contributed by atoms with Crippen LogP contribution in [0.2, 0.25) is 0 Å². The molecule has 0 saturated carbocycles. The molecule has 5 nitrogen and oxygen atoms in total. The van der Waals surface area contributed by atoms with Crippen molar-refractivity contribution in [1.29, 1.82) is 0 Å². The lowest BCUT2D eigenvalue weighted by atomic mass is 10.2. The number of carbonyl (C=O) groups is 1.